The first kappa shape index (κ1) is 9.50. The van der Waals surface area contributed by atoms with Crippen LogP contribution in [-0.4, -0.2) is 0 Å². The number of hydrogen-bond donors (Lipinski definition) is 0. The normalized spacial score (nSPS) is 11.0. The van der Waals surface area contributed by atoms with E-state index >= 15 is 0 Å². The van der Waals surface area contributed by atoms with Gasteiger partial charge in [0.05, 0.1) is 5.02 Å². The first-order valence-corrected chi connectivity index (χ1v) is 6.07. The van der Waals surface area contributed by atoms with Crippen molar-refractivity contribution in [1.29, 1.82) is 0 Å². The molecule has 13 heavy (non-hydrogen) atoms. The van der Waals surface area contributed by atoms with Crippen molar-refractivity contribution in [3.63, 3.8) is 0 Å². The summed E-state index contributed by atoms with van der Waals surface area (Å²) in [5, 5.41) is 1.99. The molecule has 3 heteroatoms. The Kier molecular flexibility index (Phi) is 2.63. The minimum atomic E-state index is 0.827. The molecule has 0 aliphatic heterocycles. The van der Waals surface area contributed by atoms with E-state index in [4.69, 9.17) is 11.6 Å². The Hall–Kier alpha value is -0.0500. The Morgan fingerprint density at radius 3 is 2.92 bits per heavy atom. The van der Waals surface area contributed by atoms with Crippen molar-refractivity contribution in [3.05, 3.63) is 32.6 Å². The van der Waals surface area contributed by atoms with E-state index in [1.165, 1.54) is 9.58 Å². The van der Waals surface area contributed by atoms with Gasteiger partial charge in [-0.25, -0.2) is 0 Å². The SMILES string of the molecule is CCc1cc2c(Cl)c(Br)ccc2s1. The zero-order valence-electron chi connectivity index (χ0n) is 7.10. The molecular weight excluding hydrogens is 268 g/mol. The lowest BCUT2D eigenvalue weighted by molar-refractivity contribution is 1.19. The first-order valence-electron chi connectivity index (χ1n) is 4.08. The lowest BCUT2D eigenvalue weighted by atomic mass is 10.2. The van der Waals surface area contributed by atoms with E-state index in [1.54, 1.807) is 0 Å². The van der Waals surface area contributed by atoms with Crippen LogP contribution in [0.25, 0.3) is 10.1 Å². The monoisotopic (exact) mass is 274 g/mol. The van der Waals surface area contributed by atoms with E-state index in [9.17, 15) is 0 Å². The van der Waals surface area contributed by atoms with Crippen molar-refractivity contribution in [2.24, 2.45) is 0 Å². The molecule has 2 rings (SSSR count). The second-order valence-corrected chi connectivity index (χ2v) is 5.24. The van der Waals surface area contributed by atoms with Crippen LogP contribution in [0.15, 0.2) is 22.7 Å². The van der Waals surface area contributed by atoms with E-state index in [0.717, 1.165) is 21.3 Å². The molecule has 0 bridgehead atoms. The largest absolute Gasteiger partial charge is 0.140 e. The molecule has 68 valence electrons. The molecule has 0 nitrogen and oxygen atoms in total. The number of benzene rings is 1. The molecule has 0 saturated carbocycles. The third kappa shape index (κ3) is 1.63. The fourth-order valence-corrected chi connectivity index (χ4v) is 2.91. The molecule has 1 heterocycles. The van der Waals surface area contributed by atoms with Crippen LogP contribution in [0.5, 0.6) is 0 Å². The van der Waals surface area contributed by atoms with Crippen LogP contribution in [0, 0.1) is 0 Å². The second kappa shape index (κ2) is 3.60. The molecule has 0 saturated heterocycles. The number of fused-ring (bicyclic) bond motifs is 1. The molecule has 0 radical (unpaired) electrons. The minimum absolute atomic E-state index is 0.827. The highest BCUT2D eigenvalue weighted by atomic mass is 79.9. The van der Waals surface area contributed by atoms with E-state index in [-0.39, 0.29) is 0 Å². The summed E-state index contributed by atoms with van der Waals surface area (Å²) >= 11 is 11.4. The van der Waals surface area contributed by atoms with Crippen LogP contribution in [0.3, 0.4) is 0 Å². The van der Waals surface area contributed by atoms with Gasteiger partial charge in [-0.2, -0.15) is 0 Å². The summed E-state index contributed by atoms with van der Waals surface area (Å²) in [5.74, 6) is 0. The molecule has 1 aromatic heterocycles. The van der Waals surface area contributed by atoms with Crippen LogP contribution >= 0.6 is 38.9 Å². The summed E-state index contributed by atoms with van der Waals surface area (Å²) in [6.07, 6.45) is 1.08. The average molecular weight is 276 g/mol. The van der Waals surface area contributed by atoms with Gasteiger partial charge in [0, 0.05) is 19.4 Å². The zero-order chi connectivity index (χ0) is 9.42. The number of thiophene rings is 1. The molecule has 0 N–H and O–H groups in total. The third-order valence-corrected chi connectivity index (χ3v) is 4.53. The van der Waals surface area contributed by atoms with Gasteiger partial charge in [-0.1, -0.05) is 18.5 Å². The fourth-order valence-electron chi connectivity index (χ4n) is 1.28. The lowest BCUT2D eigenvalue weighted by Gasteiger charge is -1.95. The van der Waals surface area contributed by atoms with Crippen molar-refractivity contribution in [1.82, 2.24) is 0 Å². The van der Waals surface area contributed by atoms with Crippen molar-refractivity contribution >= 4 is 49.0 Å². The van der Waals surface area contributed by atoms with Gasteiger partial charge >= 0.3 is 0 Å². The Labute approximate surface area is 94.7 Å². The molecule has 0 aliphatic carbocycles. The van der Waals surface area contributed by atoms with E-state index in [1.807, 2.05) is 17.4 Å². The van der Waals surface area contributed by atoms with Gasteiger partial charge in [-0.15, -0.1) is 11.3 Å². The van der Waals surface area contributed by atoms with E-state index in [2.05, 4.69) is 35.0 Å². The maximum atomic E-state index is 6.16. The van der Waals surface area contributed by atoms with E-state index in [0.29, 0.717) is 0 Å². The topological polar surface area (TPSA) is 0 Å². The number of aryl methyl sites for hydroxylation is 1. The van der Waals surface area contributed by atoms with Crippen molar-refractivity contribution < 1.29 is 0 Å². The molecule has 0 amide bonds. The highest BCUT2D eigenvalue weighted by molar-refractivity contribution is 9.10. The van der Waals surface area contributed by atoms with Gasteiger partial charge in [0.15, 0.2) is 0 Å². The predicted molar refractivity (Wildman–Crippen MR) is 63.9 cm³/mol. The molecule has 0 spiro atoms. The van der Waals surface area contributed by atoms with E-state index < -0.39 is 0 Å². The number of hydrogen-bond acceptors (Lipinski definition) is 1. The summed E-state index contributed by atoms with van der Waals surface area (Å²) in [6, 6.07) is 6.28. The maximum Gasteiger partial charge on any atom is 0.0634 e. The quantitative estimate of drug-likeness (QED) is 0.696. The molecule has 1 aromatic carbocycles. The molecule has 2 aromatic rings. The summed E-state index contributed by atoms with van der Waals surface area (Å²) in [5.41, 5.74) is 0. The van der Waals surface area contributed by atoms with Gasteiger partial charge in [0.1, 0.15) is 0 Å². The molecular formula is C10H8BrClS. The summed E-state index contributed by atoms with van der Waals surface area (Å²) in [4.78, 5) is 1.38. The van der Waals surface area contributed by atoms with Crippen LogP contribution in [0.4, 0.5) is 0 Å². The zero-order valence-corrected chi connectivity index (χ0v) is 10.3. The number of rotatable bonds is 1. The van der Waals surface area contributed by atoms with Gasteiger partial charge in [0.2, 0.25) is 0 Å². The number of halogens is 2. The Morgan fingerprint density at radius 2 is 2.23 bits per heavy atom. The van der Waals surface area contributed by atoms with Crippen LogP contribution < -0.4 is 0 Å². The van der Waals surface area contributed by atoms with Gasteiger partial charge in [0.25, 0.3) is 0 Å². The van der Waals surface area contributed by atoms with Crippen molar-refractivity contribution in [2.75, 3.05) is 0 Å². The highest BCUT2D eigenvalue weighted by Crippen LogP contribution is 2.35. The Balaban J connectivity index is 2.76. The van der Waals surface area contributed by atoms with Gasteiger partial charge < -0.3 is 0 Å². The average Bonchev–Trinajstić information content (AvgIpc) is 2.55. The second-order valence-electron chi connectivity index (χ2n) is 2.84. The van der Waals surface area contributed by atoms with Gasteiger partial charge in [-0.3, -0.25) is 0 Å². The van der Waals surface area contributed by atoms with Crippen LogP contribution in [0.1, 0.15) is 11.8 Å². The molecule has 0 fully saturated rings. The highest BCUT2D eigenvalue weighted by Gasteiger charge is 2.06. The molecule has 0 atom stereocenters. The summed E-state index contributed by atoms with van der Waals surface area (Å²) < 4.78 is 2.24. The van der Waals surface area contributed by atoms with Gasteiger partial charge in [-0.05, 0) is 40.5 Å². The van der Waals surface area contributed by atoms with Crippen LogP contribution in [0.2, 0.25) is 5.02 Å². The maximum absolute atomic E-state index is 6.16. The Bertz CT molecular complexity index is 447. The van der Waals surface area contributed by atoms with Crippen LogP contribution in [-0.2, 0) is 6.42 Å². The lowest BCUT2D eigenvalue weighted by Crippen LogP contribution is -1.69. The fraction of sp³-hybridized carbons (Fsp3) is 0.200. The molecule has 0 aliphatic rings. The standard InChI is InChI=1S/C10H8BrClS/c1-2-6-5-7-9(13-6)4-3-8(11)10(7)12/h3-5H,2H2,1H3. The predicted octanol–water partition coefficient (Wildman–Crippen LogP) is 4.88. The third-order valence-electron chi connectivity index (χ3n) is 1.99. The van der Waals surface area contributed by atoms with Crippen molar-refractivity contribution in [3.8, 4) is 0 Å². The smallest absolute Gasteiger partial charge is 0.0634 e. The summed E-state index contributed by atoms with van der Waals surface area (Å²) in [7, 11) is 0. The van der Waals surface area contributed by atoms with Crippen molar-refractivity contribution in [2.45, 2.75) is 13.3 Å². The molecule has 0 unspecified atom stereocenters. The first-order chi connectivity index (χ1) is 6.22. The minimum Gasteiger partial charge on any atom is -0.140 e. The summed E-state index contributed by atoms with van der Waals surface area (Å²) in [6.45, 7) is 2.16. The Morgan fingerprint density at radius 1 is 1.46 bits per heavy atom.